The highest BCUT2D eigenvalue weighted by molar-refractivity contribution is 4.84. The van der Waals surface area contributed by atoms with Crippen molar-refractivity contribution in [2.45, 2.75) is 45.3 Å². The Balaban J connectivity index is 1.91. The Labute approximate surface area is 81.3 Å². The number of nitrogens with zero attached hydrogens (tertiary/aromatic N) is 1. The predicted molar refractivity (Wildman–Crippen MR) is 53.8 cm³/mol. The van der Waals surface area contributed by atoms with E-state index in [9.17, 15) is 0 Å². The van der Waals surface area contributed by atoms with Crippen LogP contribution in [0.15, 0.2) is 0 Å². The first-order valence-corrected chi connectivity index (χ1v) is 5.63. The molecule has 0 aromatic rings. The molecule has 0 aliphatic carbocycles. The number of rotatable bonds is 1. The van der Waals surface area contributed by atoms with Gasteiger partial charge in [-0.3, -0.25) is 4.90 Å². The van der Waals surface area contributed by atoms with Crippen LogP contribution in [0.2, 0.25) is 0 Å². The highest BCUT2D eigenvalue weighted by atomic mass is 16.5. The standard InChI is InChI=1S/C11H21NO/c1-9(2)12-6-5-10-4-3-7-13-11(10)8-12/h9-11H,3-8H2,1-2H3. The molecule has 0 bridgehead atoms. The fourth-order valence-corrected chi connectivity index (χ4v) is 2.56. The molecule has 0 aromatic carbocycles. The molecule has 0 N–H and O–H groups in total. The fourth-order valence-electron chi connectivity index (χ4n) is 2.56. The van der Waals surface area contributed by atoms with Gasteiger partial charge in [0, 0.05) is 19.2 Å². The third-order valence-electron chi connectivity index (χ3n) is 3.51. The van der Waals surface area contributed by atoms with Gasteiger partial charge in [-0.25, -0.2) is 0 Å². The van der Waals surface area contributed by atoms with Gasteiger partial charge in [0.15, 0.2) is 0 Å². The van der Waals surface area contributed by atoms with Gasteiger partial charge >= 0.3 is 0 Å². The van der Waals surface area contributed by atoms with E-state index in [-0.39, 0.29) is 0 Å². The van der Waals surface area contributed by atoms with Crippen molar-refractivity contribution in [1.29, 1.82) is 0 Å². The fraction of sp³-hybridized carbons (Fsp3) is 1.00. The summed E-state index contributed by atoms with van der Waals surface area (Å²) >= 11 is 0. The quantitative estimate of drug-likeness (QED) is 0.615. The lowest BCUT2D eigenvalue weighted by Gasteiger charge is -2.42. The molecule has 2 aliphatic heterocycles. The van der Waals surface area contributed by atoms with Gasteiger partial charge in [-0.2, -0.15) is 0 Å². The monoisotopic (exact) mass is 183 g/mol. The molecule has 2 heterocycles. The van der Waals surface area contributed by atoms with Crippen LogP contribution in [0.4, 0.5) is 0 Å². The maximum absolute atomic E-state index is 5.82. The van der Waals surface area contributed by atoms with Crippen molar-refractivity contribution in [2.24, 2.45) is 5.92 Å². The van der Waals surface area contributed by atoms with Gasteiger partial charge in [-0.15, -0.1) is 0 Å². The van der Waals surface area contributed by atoms with Gasteiger partial charge in [0.05, 0.1) is 6.10 Å². The maximum Gasteiger partial charge on any atom is 0.0730 e. The number of ether oxygens (including phenoxy) is 1. The summed E-state index contributed by atoms with van der Waals surface area (Å²) in [6.45, 7) is 8.00. The maximum atomic E-state index is 5.82. The molecular weight excluding hydrogens is 162 g/mol. The third-order valence-corrected chi connectivity index (χ3v) is 3.51. The Morgan fingerprint density at radius 3 is 2.92 bits per heavy atom. The van der Waals surface area contributed by atoms with Crippen LogP contribution in [-0.4, -0.2) is 36.7 Å². The Morgan fingerprint density at radius 1 is 1.31 bits per heavy atom. The van der Waals surface area contributed by atoms with Crippen molar-refractivity contribution in [3.8, 4) is 0 Å². The zero-order valence-corrected chi connectivity index (χ0v) is 8.83. The van der Waals surface area contributed by atoms with Crippen LogP contribution in [-0.2, 0) is 4.74 Å². The van der Waals surface area contributed by atoms with E-state index in [1.165, 1.54) is 32.4 Å². The molecule has 76 valence electrons. The Hall–Kier alpha value is -0.0800. The Bertz CT molecular complexity index is 169. The molecule has 2 saturated heterocycles. The van der Waals surface area contributed by atoms with Crippen molar-refractivity contribution in [3.05, 3.63) is 0 Å². The van der Waals surface area contributed by atoms with Crippen LogP contribution in [0.3, 0.4) is 0 Å². The average Bonchev–Trinajstić information content (AvgIpc) is 2.17. The van der Waals surface area contributed by atoms with Crippen LogP contribution >= 0.6 is 0 Å². The summed E-state index contributed by atoms with van der Waals surface area (Å²) in [5.41, 5.74) is 0. The minimum atomic E-state index is 0.546. The molecule has 2 unspecified atom stereocenters. The molecule has 13 heavy (non-hydrogen) atoms. The molecular formula is C11H21NO. The van der Waals surface area contributed by atoms with E-state index < -0.39 is 0 Å². The van der Waals surface area contributed by atoms with E-state index >= 15 is 0 Å². The van der Waals surface area contributed by atoms with Crippen LogP contribution in [0.1, 0.15) is 33.1 Å². The first kappa shape index (κ1) is 9.47. The molecule has 2 aliphatic rings. The van der Waals surface area contributed by atoms with Crippen molar-refractivity contribution >= 4 is 0 Å². The smallest absolute Gasteiger partial charge is 0.0730 e. The third kappa shape index (κ3) is 2.05. The summed E-state index contributed by atoms with van der Waals surface area (Å²) in [5, 5.41) is 0. The van der Waals surface area contributed by atoms with E-state index in [2.05, 4.69) is 18.7 Å². The second kappa shape index (κ2) is 3.97. The van der Waals surface area contributed by atoms with Gasteiger partial charge < -0.3 is 4.74 Å². The normalized spacial score (nSPS) is 36.2. The lowest BCUT2D eigenvalue weighted by atomic mass is 9.87. The second-order valence-electron chi connectivity index (χ2n) is 4.69. The Morgan fingerprint density at radius 2 is 2.15 bits per heavy atom. The van der Waals surface area contributed by atoms with Crippen molar-refractivity contribution in [3.63, 3.8) is 0 Å². The van der Waals surface area contributed by atoms with Crippen molar-refractivity contribution in [2.75, 3.05) is 19.7 Å². The Kier molecular flexibility index (Phi) is 2.89. The summed E-state index contributed by atoms with van der Waals surface area (Å²) in [5.74, 6) is 0.865. The zero-order valence-electron chi connectivity index (χ0n) is 8.83. The van der Waals surface area contributed by atoms with E-state index in [4.69, 9.17) is 4.74 Å². The van der Waals surface area contributed by atoms with E-state index in [1.807, 2.05) is 0 Å². The summed E-state index contributed by atoms with van der Waals surface area (Å²) in [4.78, 5) is 2.55. The highest BCUT2D eigenvalue weighted by Crippen LogP contribution is 2.29. The highest BCUT2D eigenvalue weighted by Gasteiger charge is 2.32. The number of hydrogen-bond donors (Lipinski definition) is 0. The summed E-state index contributed by atoms with van der Waals surface area (Å²) < 4.78 is 5.82. The van der Waals surface area contributed by atoms with Gasteiger partial charge in [0.2, 0.25) is 0 Å². The molecule has 2 rings (SSSR count). The summed E-state index contributed by atoms with van der Waals surface area (Å²) in [7, 11) is 0. The minimum Gasteiger partial charge on any atom is -0.377 e. The largest absolute Gasteiger partial charge is 0.377 e. The second-order valence-corrected chi connectivity index (χ2v) is 4.69. The lowest BCUT2D eigenvalue weighted by molar-refractivity contribution is -0.0747. The molecule has 2 heteroatoms. The summed E-state index contributed by atoms with van der Waals surface area (Å²) in [6, 6.07) is 0.687. The lowest BCUT2D eigenvalue weighted by Crippen LogP contribution is -2.49. The molecule has 2 fully saturated rings. The molecule has 2 atom stereocenters. The summed E-state index contributed by atoms with van der Waals surface area (Å²) in [6.07, 6.45) is 4.58. The number of hydrogen-bond acceptors (Lipinski definition) is 2. The van der Waals surface area contributed by atoms with Gasteiger partial charge in [0.25, 0.3) is 0 Å². The molecule has 0 saturated carbocycles. The van der Waals surface area contributed by atoms with Crippen LogP contribution in [0, 0.1) is 5.92 Å². The topological polar surface area (TPSA) is 12.5 Å². The molecule has 0 spiro atoms. The number of fused-ring (bicyclic) bond motifs is 1. The van der Waals surface area contributed by atoms with Crippen molar-refractivity contribution < 1.29 is 4.74 Å². The van der Waals surface area contributed by atoms with Gasteiger partial charge in [-0.05, 0) is 45.6 Å². The van der Waals surface area contributed by atoms with E-state index in [0.29, 0.717) is 12.1 Å². The predicted octanol–water partition coefficient (Wildman–Crippen LogP) is 1.90. The average molecular weight is 183 g/mol. The van der Waals surface area contributed by atoms with E-state index in [1.54, 1.807) is 0 Å². The first-order chi connectivity index (χ1) is 6.27. The van der Waals surface area contributed by atoms with Crippen LogP contribution in [0.25, 0.3) is 0 Å². The van der Waals surface area contributed by atoms with Gasteiger partial charge in [-0.1, -0.05) is 0 Å². The van der Waals surface area contributed by atoms with Crippen LogP contribution < -0.4 is 0 Å². The number of piperidine rings is 1. The molecule has 0 amide bonds. The molecule has 0 radical (unpaired) electrons. The van der Waals surface area contributed by atoms with E-state index in [0.717, 1.165) is 12.5 Å². The van der Waals surface area contributed by atoms with Crippen LogP contribution in [0.5, 0.6) is 0 Å². The SMILES string of the molecule is CC(C)N1CCC2CCCOC2C1. The molecule has 2 nitrogen and oxygen atoms in total. The first-order valence-electron chi connectivity index (χ1n) is 5.63. The number of likely N-dealkylation sites (tertiary alicyclic amines) is 1. The minimum absolute atomic E-state index is 0.546. The van der Waals surface area contributed by atoms with Crippen molar-refractivity contribution in [1.82, 2.24) is 4.90 Å². The molecule has 0 aromatic heterocycles. The van der Waals surface area contributed by atoms with Gasteiger partial charge in [0.1, 0.15) is 0 Å². The zero-order chi connectivity index (χ0) is 9.26.